The van der Waals surface area contributed by atoms with Gasteiger partial charge in [0.1, 0.15) is 5.60 Å². The van der Waals surface area contributed by atoms with Crippen molar-refractivity contribution < 1.29 is 4.74 Å². The summed E-state index contributed by atoms with van der Waals surface area (Å²) in [5.74, 6) is 0.689. The van der Waals surface area contributed by atoms with E-state index in [0.29, 0.717) is 5.88 Å². The standard InChI is InChI=1S/C19H27N3O/c1-5-21-10-12-22(13-11-21)16-7-8-17-15(14-16)6-9-18(20-17)23-19(2,3)4/h6-9,14H,5,10-13H2,1-4H3. The van der Waals surface area contributed by atoms with E-state index in [0.717, 1.165) is 38.2 Å². The largest absolute Gasteiger partial charge is 0.472 e. The molecule has 1 saturated heterocycles. The Kier molecular flexibility index (Phi) is 4.44. The quantitative estimate of drug-likeness (QED) is 0.866. The van der Waals surface area contributed by atoms with Crippen molar-refractivity contribution in [2.75, 3.05) is 37.6 Å². The molecule has 0 amide bonds. The van der Waals surface area contributed by atoms with Crippen molar-refractivity contribution in [2.45, 2.75) is 33.3 Å². The van der Waals surface area contributed by atoms with Crippen LogP contribution in [0.2, 0.25) is 0 Å². The van der Waals surface area contributed by atoms with Crippen LogP contribution >= 0.6 is 0 Å². The van der Waals surface area contributed by atoms with Crippen LogP contribution in [0.4, 0.5) is 5.69 Å². The van der Waals surface area contributed by atoms with E-state index in [1.807, 2.05) is 26.8 Å². The number of hydrogen-bond donors (Lipinski definition) is 0. The summed E-state index contributed by atoms with van der Waals surface area (Å²) in [6.45, 7) is 14.0. The zero-order chi connectivity index (χ0) is 16.4. The van der Waals surface area contributed by atoms with Gasteiger partial charge in [0.05, 0.1) is 5.52 Å². The summed E-state index contributed by atoms with van der Waals surface area (Å²) in [5.41, 5.74) is 2.06. The van der Waals surface area contributed by atoms with E-state index in [1.54, 1.807) is 0 Å². The Morgan fingerprint density at radius 3 is 2.43 bits per heavy atom. The highest BCUT2D eigenvalue weighted by atomic mass is 16.5. The maximum Gasteiger partial charge on any atom is 0.214 e. The predicted octanol–water partition coefficient (Wildman–Crippen LogP) is 3.55. The SMILES string of the molecule is CCN1CCN(c2ccc3nc(OC(C)(C)C)ccc3c2)CC1. The Morgan fingerprint density at radius 2 is 1.78 bits per heavy atom. The van der Waals surface area contributed by atoms with E-state index in [9.17, 15) is 0 Å². The molecule has 0 aliphatic carbocycles. The molecule has 124 valence electrons. The maximum atomic E-state index is 5.85. The van der Waals surface area contributed by atoms with Crippen molar-refractivity contribution in [2.24, 2.45) is 0 Å². The van der Waals surface area contributed by atoms with Crippen molar-refractivity contribution in [3.63, 3.8) is 0 Å². The van der Waals surface area contributed by atoms with Crippen LogP contribution < -0.4 is 9.64 Å². The van der Waals surface area contributed by atoms with Gasteiger partial charge in [0, 0.05) is 43.3 Å². The fourth-order valence-electron chi connectivity index (χ4n) is 2.98. The summed E-state index contributed by atoms with van der Waals surface area (Å²) in [4.78, 5) is 9.58. The Balaban J connectivity index is 1.79. The van der Waals surface area contributed by atoms with Crippen molar-refractivity contribution in [1.29, 1.82) is 0 Å². The Labute approximate surface area is 139 Å². The summed E-state index contributed by atoms with van der Waals surface area (Å²) < 4.78 is 5.85. The van der Waals surface area contributed by atoms with Gasteiger partial charge in [-0.25, -0.2) is 4.98 Å². The van der Waals surface area contributed by atoms with Crippen LogP contribution in [0.5, 0.6) is 5.88 Å². The van der Waals surface area contributed by atoms with E-state index in [-0.39, 0.29) is 5.60 Å². The average Bonchev–Trinajstić information content (AvgIpc) is 2.53. The Morgan fingerprint density at radius 1 is 1.04 bits per heavy atom. The summed E-state index contributed by atoms with van der Waals surface area (Å²) in [7, 11) is 0. The fourth-order valence-corrected chi connectivity index (χ4v) is 2.98. The second kappa shape index (κ2) is 6.36. The lowest BCUT2D eigenvalue weighted by molar-refractivity contribution is 0.124. The van der Waals surface area contributed by atoms with Crippen molar-refractivity contribution >= 4 is 16.6 Å². The molecule has 2 aromatic rings. The average molecular weight is 313 g/mol. The number of likely N-dealkylation sites (N-methyl/N-ethyl adjacent to an activating group) is 1. The third kappa shape index (κ3) is 3.94. The van der Waals surface area contributed by atoms with Gasteiger partial charge in [-0.05, 0) is 51.6 Å². The van der Waals surface area contributed by atoms with E-state index < -0.39 is 0 Å². The van der Waals surface area contributed by atoms with E-state index in [1.165, 1.54) is 11.1 Å². The molecular weight excluding hydrogens is 286 g/mol. The van der Waals surface area contributed by atoms with Crippen LogP contribution in [0.3, 0.4) is 0 Å². The smallest absolute Gasteiger partial charge is 0.214 e. The van der Waals surface area contributed by atoms with Gasteiger partial charge in [0.15, 0.2) is 0 Å². The van der Waals surface area contributed by atoms with Gasteiger partial charge in [0.25, 0.3) is 0 Å². The van der Waals surface area contributed by atoms with Gasteiger partial charge < -0.3 is 14.5 Å². The molecule has 0 unspecified atom stereocenters. The lowest BCUT2D eigenvalue weighted by Gasteiger charge is -2.35. The van der Waals surface area contributed by atoms with Crippen molar-refractivity contribution in [3.05, 3.63) is 30.3 Å². The Hall–Kier alpha value is -1.81. The second-order valence-electron chi connectivity index (χ2n) is 7.16. The number of aromatic nitrogens is 1. The van der Waals surface area contributed by atoms with Crippen LogP contribution in [-0.2, 0) is 0 Å². The highest BCUT2D eigenvalue weighted by Crippen LogP contribution is 2.25. The lowest BCUT2D eigenvalue weighted by Crippen LogP contribution is -2.46. The summed E-state index contributed by atoms with van der Waals surface area (Å²) >= 11 is 0. The van der Waals surface area contributed by atoms with Crippen molar-refractivity contribution in [3.8, 4) is 5.88 Å². The first-order valence-corrected chi connectivity index (χ1v) is 8.52. The zero-order valence-electron chi connectivity index (χ0n) is 14.7. The molecular formula is C19H27N3O. The molecule has 2 heterocycles. The molecule has 0 bridgehead atoms. The molecule has 3 rings (SSSR count). The number of fused-ring (bicyclic) bond motifs is 1. The third-order valence-corrected chi connectivity index (χ3v) is 4.24. The molecule has 4 nitrogen and oxygen atoms in total. The molecule has 0 spiro atoms. The number of hydrogen-bond acceptors (Lipinski definition) is 4. The molecule has 23 heavy (non-hydrogen) atoms. The molecule has 4 heteroatoms. The number of nitrogens with zero attached hydrogens (tertiary/aromatic N) is 3. The van der Waals surface area contributed by atoms with Crippen LogP contribution in [0.15, 0.2) is 30.3 Å². The van der Waals surface area contributed by atoms with Crippen LogP contribution in [0.25, 0.3) is 10.9 Å². The number of piperazine rings is 1. The van der Waals surface area contributed by atoms with Gasteiger partial charge in [-0.1, -0.05) is 6.92 Å². The summed E-state index contributed by atoms with van der Waals surface area (Å²) in [6.07, 6.45) is 0. The molecule has 0 radical (unpaired) electrons. The minimum atomic E-state index is -0.223. The molecule has 1 aromatic carbocycles. The van der Waals surface area contributed by atoms with Crippen LogP contribution in [0.1, 0.15) is 27.7 Å². The van der Waals surface area contributed by atoms with Gasteiger partial charge >= 0.3 is 0 Å². The minimum absolute atomic E-state index is 0.223. The Bertz CT molecular complexity index is 670. The minimum Gasteiger partial charge on any atom is -0.472 e. The van der Waals surface area contributed by atoms with E-state index in [4.69, 9.17) is 4.74 Å². The maximum absolute atomic E-state index is 5.85. The van der Waals surface area contributed by atoms with Gasteiger partial charge in [0.2, 0.25) is 5.88 Å². The lowest BCUT2D eigenvalue weighted by atomic mass is 10.1. The summed E-state index contributed by atoms with van der Waals surface area (Å²) in [6, 6.07) is 10.6. The summed E-state index contributed by atoms with van der Waals surface area (Å²) in [5, 5.41) is 1.17. The van der Waals surface area contributed by atoms with Crippen LogP contribution in [-0.4, -0.2) is 48.2 Å². The molecule has 0 N–H and O–H groups in total. The number of anilines is 1. The van der Waals surface area contributed by atoms with Gasteiger partial charge in [-0.3, -0.25) is 0 Å². The number of pyridine rings is 1. The third-order valence-electron chi connectivity index (χ3n) is 4.24. The highest BCUT2D eigenvalue weighted by molar-refractivity contribution is 5.83. The van der Waals surface area contributed by atoms with E-state index >= 15 is 0 Å². The highest BCUT2D eigenvalue weighted by Gasteiger charge is 2.17. The first kappa shape index (κ1) is 16.1. The number of ether oxygens (including phenoxy) is 1. The normalized spacial score (nSPS) is 16.8. The van der Waals surface area contributed by atoms with Crippen molar-refractivity contribution in [1.82, 2.24) is 9.88 Å². The fraction of sp³-hybridized carbons (Fsp3) is 0.526. The number of benzene rings is 1. The molecule has 0 saturated carbocycles. The monoisotopic (exact) mass is 313 g/mol. The molecule has 1 fully saturated rings. The first-order chi connectivity index (χ1) is 10.9. The second-order valence-corrected chi connectivity index (χ2v) is 7.16. The topological polar surface area (TPSA) is 28.6 Å². The molecule has 1 aromatic heterocycles. The molecule has 1 aliphatic heterocycles. The van der Waals surface area contributed by atoms with Crippen LogP contribution in [0, 0.1) is 0 Å². The predicted molar refractivity (Wildman–Crippen MR) is 96.5 cm³/mol. The first-order valence-electron chi connectivity index (χ1n) is 8.52. The molecule has 0 atom stereocenters. The van der Waals surface area contributed by atoms with E-state index in [2.05, 4.69) is 46.0 Å². The zero-order valence-corrected chi connectivity index (χ0v) is 14.7. The number of rotatable bonds is 3. The van der Waals surface area contributed by atoms with Gasteiger partial charge in [-0.2, -0.15) is 0 Å². The van der Waals surface area contributed by atoms with Gasteiger partial charge in [-0.15, -0.1) is 0 Å². The molecule has 1 aliphatic rings.